The molecule has 0 unspecified atom stereocenters. The first-order chi connectivity index (χ1) is 14.3. The van der Waals surface area contributed by atoms with E-state index in [9.17, 15) is 18.0 Å². The maximum absolute atomic E-state index is 12.6. The predicted octanol–water partition coefficient (Wildman–Crippen LogP) is 4.87. The maximum atomic E-state index is 12.6. The molecule has 4 rings (SSSR count). The highest BCUT2D eigenvalue weighted by atomic mass is 19.4. The molecule has 1 aromatic heterocycles. The number of alkyl halides is 3. The fourth-order valence-electron chi connectivity index (χ4n) is 3.72. The van der Waals surface area contributed by atoms with Gasteiger partial charge in [-0.15, -0.1) is 13.2 Å². The van der Waals surface area contributed by atoms with Crippen LogP contribution in [-0.4, -0.2) is 35.6 Å². The van der Waals surface area contributed by atoms with Gasteiger partial charge in [-0.25, -0.2) is 9.78 Å². The van der Waals surface area contributed by atoms with Crippen LogP contribution in [0.3, 0.4) is 0 Å². The van der Waals surface area contributed by atoms with Crippen LogP contribution < -0.4 is 4.74 Å². The second-order valence-corrected chi connectivity index (χ2v) is 6.95. The lowest BCUT2D eigenvalue weighted by atomic mass is 10.1. The van der Waals surface area contributed by atoms with Crippen LogP contribution in [0, 0.1) is 6.92 Å². The van der Waals surface area contributed by atoms with Crippen molar-refractivity contribution < 1.29 is 32.2 Å². The molecule has 6 nitrogen and oxygen atoms in total. The normalized spacial score (nSPS) is 16.8. The van der Waals surface area contributed by atoms with Gasteiger partial charge in [0, 0.05) is 12.7 Å². The molecular formula is C21H19F3N2O4. The summed E-state index contributed by atoms with van der Waals surface area (Å²) in [6.45, 7) is 2.37. The molecule has 1 fully saturated rings. The van der Waals surface area contributed by atoms with E-state index < -0.39 is 12.3 Å². The molecule has 30 heavy (non-hydrogen) atoms. The van der Waals surface area contributed by atoms with E-state index in [-0.39, 0.29) is 11.9 Å². The molecule has 2 aromatic carbocycles. The first-order valence-corrected chi connectivity index (χ1v) is 9.36. The lowest BCUT2D eigenvalue weighted by Crippen LogP contribution is -2.17. The minimum absolute atomic E-state index is 0.300. The Labute approximate surface area is 170 Å². The van der Waals surface area contributed by atoms with E-state index in [1.807, 2.05) is 10.6 Å². The van der Waals surface area contributed by atoms with Crippen LogP contribution in [0.4, 0.5) is 13.2 Å². The molecule has 1 aliphatic heterocycles. The van der Waals surface area contributed by atoms with Crippen molar-refractivity contribution in [3.8, 4) is 11.4 Å². The molecule has 158 valence electrons. The summed E-state index contributed by atoms with van der Waals surface area (Å²) in [6, 6.07) is 9.21. The van der Waals surface area contributed by atoms with E-state index in [4.69, 9.17) is 9.47 Å². The predicted molar refractivity (Wildman–Crippen MR) is 102 cm³/mol. The summed E-state index contributed by atoms with van der Waals surface area (Å²) in [5.41, 5.74) is 2.66. The summed E-state index contributed by atoms with van der Waals surface area (Å²) in [6.07, 6.45) is -3.49. The number of carbonyl (C=O) groups is 1. The number of nitrogens with zero attached hydrogens (tertiary/aromatic N) is 2. The summed E-state index contributed by atoms with van der Waals surface area (Å²) in [5, 5.41) is 0. The van der Waals surface area contributed by atoms with Crippen molar-refractivity contribution in [3.05, 3.63) is 53.3 Å². The zero-order chi connectivity index (χ0) is 21.5. The van der Waals surface area contributed by atoms with Gasteiger partial charge in [-0.2, -0.15) is 0 Å². The summed E-state index contributed by atoms with van der Waals surface area (Å²) in [7, 11) is 1.31. The fraction of sp³-hybridized carbons (Fsp3) is 0.333. The number of ether oxygens (including phenoxy) is 3. The molecule has 0 aliphatic carbocycles. The first kappa shape index (κ1) is 20.2. The van der Waals surface area contributed by atoms with Gasteiger partial charge in [0.1, 0.15) is 17.7 Å². The van der Waals surface area contributed by atoms with Gasteiger partial charge in [0.15, 0.2) is 0 Å². The highest BCUT2D eigenvalue weighted by Gasteiger charge is 2.32. The maximum Gasteiger partial charge on any atom is 0.573 e. The van der Waals surface area contributed by atoms with Crippen molar-refractivity contribution in [2.24, 2.45) is 0 Å². The van der Waals surface area contributed by atoms with E-state index in [0.717, 1.165) is 12.8 Å². The Hall–Kier alpha value is -3.07. The Balaban J connectivity index is 1.91. The van der Waals surface area contributed by atoms with E-state index in [1.54, 1.807) is 19.1 Å². The molecule has 1 aliphatic rings. The molecule has 1 saturated heterocycles. The molecule has 0 bridgehead atoms. The van der Waals surface area contributed by atoms with Crippen LogP contribution in [0.15, 0.2) is 36.4 Å². The average molecular weight is 420 g/mol. The van der Waals surface area contributed by atoms with Gasteiger partial charge in [0.25, 0.3) is 0 Å². The zero-order valence-electron chi connectivity index (χ0n) is 16.3. The number of esters is 1. The Bertz CT molecular complexity index is 1100. The van der Waals surface area contributed by atoms with Gasteiger partial charge in [-0.3, -0.25) is 4.57 Å². The summed E-state index contributed by atoms with van der Waals surface area (Å²) >= 11 is 0. The lowest BCUT2D eigenvalue weighted by Gasteiger charge is -2.17. The Morgan fingerprint density at radius 1 is 1.27 bits per heavy atom. The highest BCUT2D eigenvalue weighted by molar-refractivity contribution is 5.92. The van der Waals surface area contributed by atoms with Gasteiger partial charge in [-0.1, -0.05) is 6.07 Å². The third-order valence-electron chi connectivity index (χ3n) is 5.05. The molecular weight excluding hydrogens is 401 g/mol. The standard InChI is InChI=1S/C21H19F3N2O4/c1-12-14(20(27)28-2)5-3-6-16(12)26-17-9-8-13(30-21(22,23)24)11-15(17)25-19(26)18-7-4-10-29-18/h3,5-6,8-9,11,18H,4,7,10H2,1-2H3/t18-/m1/s1. The number of aromatic nitrogens is 2. The largest absolute Gasteiger partial charge is 0.573 e. The molecule has 0 N–H and O–H groups in total. The van der Waals surface area contributed by atoms with Crippen molar-refractivity contribution in [2.75, 3.05) is 13.7 Å². The second kappa shape index (κ2) is 7.64. The van der Waals surface area contributed by atoms with Gasteiger partial charge in [0.2, 0.25) is 0 Å². The van der Waals surface area contributed by atoms with Gasteiger partial charge in [-0.05, 0) is 49.6 Å². The zero-order valence-corrected chi connectivity index (χ0v) is 16.3. The summed E-state index contributed by atoms with van der Waals surface area (Å²) < 4.78 is 54.4. The molecule has 9 heteroatoms. The average Bonchev–Trinajstić information content (AvgIpc) is 3.33. The van der Waals surface area contributed by atoms with E-state index >= 15 is 0 Å². The van der Waals surface area contributed by atoms with Crippen molar-refractivity contribution in [3.63, 3.8) is 0 Å². The van der Waals surface area contributed by atoms with Crippen LogP contribution in [0.5, 0.6) is 5.75 Å². The minimum atomic E-state index is -4.79. The number of fused-ring (bicyclic) bond motifs is 1. The van der Waals surface area contributed by atoms with Crippen molar-refractivity contribution in [2.45, 2.75) is 32.2 Å². The van der Waals surface area contributed by atoms with Crippen LogP contribution in [-0.2, 0) is 9.47 Å². The number of benzene rings is 2. The van der Waals surface area contributed by atoms with Crippen LogP contribution in [0.2, 0.25) is 0 Å². The van der Waals surface area contributed by atoms with Crippen LogP contribution in [0.1, 0.15) is 40.7 Å². The third kappa shape index (κ3) is 3.72. The number of hydrogen-bond acceptors (Lipinski definition) is 5. The number of methoxy groups -OCH3 is 1. The minimum Gasteiger partial charge on any atom is -0.465 e. The summed E-state index contributed by atoms with van der Waals surface area (Å²) in [5.74, 6) is -0.256. The number of carbonyl (C=O) groups excluding carboxylic acids is 1. The number of halogens is 3. The lowest BCUT2D eigenvalue weighted by molar-refractivity contribution is -0.274. The van der Waals surface area contributed by atoms with Gasteiger partial charge >= 0.3 is 12.3 Å². The molecule has 2 heterocycles. The smallest absolute Gasteiger partial charge is 0.465 e. The molecule has 1 atom stereocenters. The number of imidazole rings is 1. The van der Waals surface area contributed by atoms with E-state index in [0.29, 0.717) is 40.3 Å². The van der Waals surface area contributed by atoms with E-state index in [2.05, 4.69) is 9.72 Å². The van der Waals surface area contributed by atoms with E-state index in [1.165, 1.54) is 25.3 Å². The van der Waals surface area contributed by atoms with Crippen LogP contribution >= 0.6 is 0 Å². The molecule has 0 saturated carbocycles. The van der Waals surface area contributed by atoms with Crippen molar-refractivity contribution in [1.29, 1.82) is 0 Å². The van der Waals surface area contributed by atoms with Crippen LogP contribution in [0.25, 0.3) is 16.7 Å². The Morgan fingerprint density at radius 3 is 2.73 bits per heavy atom. The number of rotatable bonds is 4. The second-order valence-electron chi connectivity index (χ2n) is 6.95. The SMILES string of the molecule is COC(=O)c1cccc(-n2c([C@H]3CCCO3)nc3cc(OC(F)(F)F)ccc32)c1C. The molecule has 0 spiro atoms. The number of hydrogen-bond donors (Lipinski definition) is 0. The summed E-state index contributed by atoms with van der Waals surface area (Å²) in [4.78, 5) is 16.7. The Morgan fingerprint density at radius 2 is 2.07 bits per heavy atom. The third-order valence-corrected chi connectivity index (χ3v) is 5.05. The Kier molecular flexibility index (Phi) is 5.15. The molecule has 0 amide bonds. The quantitative estimate of drug-likeness (QED) is 0.564. The van der Waals surface area contributed by atoms with Crippen molar-refractivity contribution >= 4 is 17.0 Å². The van der Waals surface area contributed by atoms with Crippen molar-refractivity contribution in [1.82, 2.24) is 9.55 Å². The highest BCUT2D eigenvalue weighted by Crippen LogP contribution is 2.36. The molecule has 0 radical (unpaired) electrons. The monoisotopic (exact) mass is 420 g/mol. The topological polar surface area (TPSA) is 62.6 Å². The van der Waals surface area contributed by atoms with Gasteiger partial charge < -0.3 is 14.2 Å². The first-order valence-electron chi connectivity index (χ1n) is 9.36. The fourth-order valence-corrected chi connectivity index (χ4v) is 3.72. The van der Waals surface area contributed by atoms with Gasteiger partial charge in [0.05, 0.1) is 29.4 Å². The molecule has 3 aromatic rings.